The van der Waals surface area contributed by atoms with Gasteiger partial charge in [0, 0.05) is 25.2 Å². The molecule has 0 bridgehead atoms. The van der Waals surface area contributed by atoms with Crippen molar-refractivity contribution in [3.63, 3.8) is 0 Å². The lowest BCUT2D eigenvalue weighted by Crippen LogP contribution is -2.21. The van der Waals surface area contributed by atoms with E-state index in [1.165, 1.54) is 86.0 Å². The number of rotatable bonds is 9. The van der Waals surface area contributed by atoms with Gasteiger partial charge in [-0.05, 0) is 61.4 Å². The Morgan fingerprint density at radius 2 is 1.87 bits per heavy atom. The van der Waals surface area contributed by atoms with E-state index in [1.807, 2.05) is 0 Å². The molecule has 0 saturated heterocycles. The van der Waals surface area contributed by atoms with Gasteiger partial charge in [0.05, 0.1) is 6.07 Å². The van der Waals surface area contributed by atoms with Crippen molar-refractivity contribution in [3.05, 3.63) is 28.3 Å². The SMILES string of the molecule is CCCCCCCCN1CCc2c1cc(C)c(CCC#N)c2C. The quantitative estimate of drug-likeness (QED) is 0.564. The molecule has 0 amide bonds. The number of anilines is 1. The van der Waals surface area contributed by atoms with Gasteiger partial charge in [-0.3, -0.25) is 0 Å². The summed E-state index contributed by atoms with van der Waals surface area (Å²) in [6, 6.07) is 4.66. The van der Waals surface area contributed by atoms with Crippen molar-refractivity contribution >= 4 is 5.69 Å². The molecule has 0 aliphatic carbocycles. The van der Waals surface area contributed by atoms with E-state index >= 15 is 0 Å². The average molecular weight is 313 g/mol. The highest BCUT2D eigenvalue weighted by Gasteiger charge is 2.22. The highest BCUT2D eigenvalue weighted by molar-refractivity contribution is 5.64. The molecule has 0 saturated carbocycles. The molecule has 0 atom stereocenters. The zero-order chi connectivity index (χ0) is 16.7. The molecule has 0 unspecified atom stereocenters. The van der Waals surface area contributed by atoms with Crippen LogP contribution in [0.3, 0.4) is 0 Å². The number of nitriles is 1. The van der Waals surface area contributed by atoms with Crippen molar-refractivity contribution in [1.29, 1.82) is 5.26 Å². The van der Waals surface area contributed by atoms with Crippen LogP contribution in [0.2, 0.25) is 0 Å². The first-order valence-corrected chi connectivity index (χ1v) is 9.42. The minimum atomic E-state index is 0.627. The van der Waals surface area contributed by atoms with E-state index < -0.39 is 0 Å². The molecule has 0 aromatic heterocycles. The highest BCUT2D eigenvalue weighted by atomic mass is 15.1. The third-order valence-corrected chi connectivity index (χ3v) is 5.28. The van der Waals surface area contributed by atoms with E-state index in [0.717, 1.165) is 6.42 Å². The molecule has 1 heterocycles. The van der Waals surface area contributed by atoms with Gasteiger partial charge in [0.2, 0.25) is 0 Å². The van der Waals surface area contributed by atoms with Gasteiger partial charge >= 0.3 is 0 Å². The minimum absolute atomic E-state index is 0.627. The summed E-state index contributed by atoms with van der Waals surface area (Å²) < 4.78 is 0. The molecule has 2 heteroatoms. The first-order chi connectivity index (χ1) is 11.2. The molecule has 0 N–H and O–H groups in total. The van der Waals surface area contributed by atoms with Crippen LogP contribution in [0.4, 0.5) is 5.69 Å². The second-order valence-electron chi connectivity index (χ2n) is 6.96. The van der Waals surface area contributed by atoms with Gasteiger partial charge in [0.25, 0.3) is 0 Å². The largest absolute Gasteiger partial charge is 0.371 e. The van der Waals surface area contributed by atoms with Gasteiger partial charge in [0.15, 0.2) is 0 Å². The summed E-state index contributed by atoms with van der Waals surface area (Å²) in [5.74, 6) is 0. The Balaban J connectivity index is 1.96. The molecular formula is C21H32N2. The van der Waals surface area contributed by atoms with Gasteiger partial charge in [0.1, 0.15) is 0 Å². The van der Waals surface area contributed by atoms with Crippen LogP contribution in [-0.4, -0.2) is 13.1 Å². The Labute approximate surface area is 142 Å². The van der Waals surface area contributed by atoms with Crippen molar-refractivity contribution in [3.8, 4) is 6.07 Å². The molecule has 0 spiro atoms. The molecule has 23 heavy (non-hydrogen) atoms. The van der Waals surface area contributed by atoms with E-state index in [9.17, 15) is 0 Å². The highest BCUT2D eigenvalue weighted by Crippen LogP contribution is 2.35. The number of nitrogens with zero attached hydrogens (tertiary/aromatic N) is 2. The summed E-state index contributed by atoms with van der Waals surface area (Å²) in [5, 5.41) is 8.86. The third-order valence-electron chi connectivity index (χ3n) is 5.28. The minimum Gasteiger partial charge on any atom is -0.371 e. The number of benzene rings is 1. The maximum Gasteiger partial charge on any atom is 0.0625 e. The lowest BCUT2D eigenvalue weighted by atomic mass is 9.93. The normalized spacial score (nSPS) is 13.2. The summed E-state index contributed by atoms with van der Waals surface area (Å²) in [6.45, 7) is 9.12. The van der Waals surface area contributed by atoms with Crippen molar-refractivity contribution in [2.24, 2.45) is 0 Å². The third kappa shape index (κ3) is 4.50. The average Bonchev–Trinajstić information content (AvgIpc) is 2.94. The number of hydrogen-bond donors (Lipinski definition) is 0. The lowest BCUT2D eigenvalue weighted by molar-refractivity contribution is 0.602. The van der Waals surface area contributed by atoms with Crippen molar-refractivity contribution in [1.82, 2.24) is 0 Å². The second-order valence-corrected chi connectivity index (χ2v) is 6.96. The fourth-order valence-corrected chi connectivity index (χ4v) is 3.90. The fourth-order valence-electron chi connectivity index (χ4n) is 3.90. The van der Waals surface area contributed by atoms with E-state index in [4.69, 9.17) is 5.26 Å². The lowest BCUT2D eigenvalue weighted by Gasteiger charge is -2.21. The Bertz CT molecular complexity index is 554. The van der Waals surface area contributed by atoms with Gasteiger partial charge < -0.3 is 4.90 Å². The summed E-state index contributed by atoms with van der Waals surface area (Å²) in [6.07, 6.45) is 10.9. The van der Waals surface area contributed by atoms with Gasteiger partial charge in [-0.25, -0.2) is 0 Å². The van der Waals surface area contributed by atoms with Crippen LogP contribution in [0, 0.1) is 25.2 Å². The van der Waals surface area contributed by atoms with Crippen LogP contribution in [-0.2, 0) is 12.8 Å². The summed E-state index contributed by atoms with van der Waals surface area (Å²) >= 11 is 0. The molecule has 2 nitrogen and oxygen atoms in total. The molecule has 0 fully saturated rings. The Kier molecular flexibility index (Phi) is 6.96. The molecule has 2 rings (SSSR count). The first-order valence-electron chi connectivity index (χ1n) is 9.42. The first kappa shape index (κ1) is 17.9. The van der Waals surface area contributed by atoms with E-state index in [1.54, 1.807) is 0 Å². The second kappa shape index (κ2) is 8.96. The van der Waals surface area contributed by atoms with E-state index in [0.29, 0.717) is 6.42 Å². The maximum absolute atomic E-state index is 8.86. The molecular weight excluding hydrogens is 280 g/mol. The standard InChI is InChI=1S/C21H32N2/c1-4-5-6-7-8-9-14-23-15-12-20-18(3)19(11-10-13-22)17(2)16-21(20)23/h16H,4-12,14-15H2,1-3H3. The zero-order valence-electron chi connectivity index (χ0n) is 15.2. The Morgan fingerprint density at radius 1 is 1.13 bits per heavy atom. The summed E-state index contributed by atoms with van der Waals surface area (Å²) in [7, 11) is 0. The molecule has 1 aliphatic heterocycles. The van der Waals surface area contributed by atoms with Crippen molar-refractivity contribution in [2.45, 2.75) is 78.6 Å². The topological polar surface area (TPSA) is 27.0 Å². The van der Waals surface area contributed by atoms with Crippen LogP contribution < -0.4 is 4.90 Å². The number of aryl methyl sites for hydroxylation is 1. The van der Waals surface area contributed by atoms with Gasteiger partial charge in [-0.15, -0.1) is 0 Å². The molecule has 0 radical (unpaired) electrons. The Hall–Kier alpha value is -1.49. The smallest absolute Gasteiger partial charge is 0.0625 e. The van der Waals surface area contributed by atoms with E-state index in [-0.39, 0.29) is 0 Å². The monoisotopic (exact) mass is 312 g/mol. The van der Waals surface area contributed by atoms with Crippen LogP contribution in [0.5, 0.6) is 0 Å². The maximum atomic E-state index is 8.86. The van der Waals surface area contributed by atoms with Gasteiger partial charge in [-0.2, -0.15) is 5.26 Å². The van der Waals surface area contributed by atoms with Crippen LogP contribution >= 0.6 is 0 Å². The van der Waals surface area contributed by atoms with Crippen molar-refractivity contribution < 1.29 is 0 Å². The zero-order valence-corrected chi connectivity index (χ0v) is 15.2. The van der Waals surface area contributed by atoms with Crippen LogP contribution in [0.25, 0.3) is 0 Å². The molecule has 1 aromatic carbocycles. The molecule has 1 aromatic rings. The molecule has 1 aliphatic rings. The predicted molar refractivity (Wildman–Crippen MR) is 99.1 cm³/mol. The van der Waals surface area contributed by atoms with Crippen molar-refractivity contribution in [2.75, 3.05) is 18.0 Å². The van der Waals surface area contributed by atoms with E-state index in [2.05, 4.69) is 37.8 Å². The summed E-state index contributed by atoms with van der Waals surface area (Å²) in [5.41, 5.74) is 7.22. The number of hydrogen-bond acceptors (Lipinski definition) is 2. The fraction of sp³-hybridized carbons (Fsp3) is 0.667. The number of fused-ring (bicyclic) bond motifs is 1. The number of unbranched alkanes of at least 4 members (excludes halogenated alkanes) is 5. The predicted octanol–water partition coefficient (Wildman–Crippen LogP) is 5.48. The van der Waals surface area contributed by atoms with Crippen LogP contribution in [0.1, 0.15) is 74.1 Å². The molecule has 126 valence electrons. The van der Waals surface area contributed by atoms with Crippen LogP contribution in [0.15, 0.2) is 6.07 Å². The summed E-state index contributed by atoms with van der Waals surface area (Å²) in [4.78, 5) is 2.59. The van der Waals surface area contributed by atoms with Gasteiger partial charge in [-0.1, -0.05) is 39.0 Å². The Morgan fingerprint density at radius 3 is 2.61 bits per heavy atom.